The van der Waals surface area contributed by atoms with E-state index >= 15 is 0 Å². The summed E-state index contributed by atoms with van der Waals surface area (Å²) in [5.41, 5.74) is 0.575. The fraction of sp³-hybridized carbons (Fsp3) is 0.857. The van der Waals surface area contributed by atoms with Gasteiger partial charge < -0.3 is 14.8 Å². The van der Waals surface area contributed by atoms with Crippen LogP contribution in [0.2, 0.25) is 0 Å². The molecule has 0 rings (SSSR count). The summed E-state index contributed by atoms with van der Waals surface area (Å²) < 4.78 is 10.2. The van der Waals surface area contributed by atoms with Crippen molar-refractivity contribution in [3.05, 3.63) is 12.2 Å². The number of halogens is 1. The minimum Gasteiger partial charge on any atom is -0.461 e. The van der Waals surface area contributed by atoms with Gasteiger partial charge in [-0.3, -0.25) is 4.79 Å². The largest absolute Gasteiger partial charge is 0.461 e. The minimum atomic E-state index is -0.439. The molecule has 5 nitrogen and oxygen atoms in total. The van der Waals surface area contributed by atoms with Gasteiger partial charge in [0.05, 0.1) is 0 Å². The second-order valence-electron chi connectivity index (χ2n) is 9.36. The Bertz CT molecular complexity index is 499. The molecule has 1 amide bonds. The molecular weight excluding hydrogens is 494 g/mol. The van der Waals surface area contributed by atoms with Crippen LogP contribution in [0.1, 0.15) is 129 Å². The van der Waals surface area contributed by atoms with Crippen molar-refractivity contribution >= 4 is 28.0 Å². The quantitative estimate of drug-likeness (QED) is 0.0539. The predicted octanol–water partition coefficient (Wildman–Crippen LogP) is 8.64. The van der Waals surface area contributed by atoms with Gasteiger partial charge in [-0.15, -0.1) is 0 Å². The number of ether oxygens (including phenoxy) is 2. The standard InChI is InChI=1S/C28H52BrNO4/c1-3-4-5-6-7-8-9-10-11-12-13-14-15-16-17-20-23-30-28(32)34-25-26(2)24-33-27(31)21-18-19-22-29/h2-25H2,1H3,(H,30,32). The van der Waals surface area contributed by atoms with E-state index in [0.717, 1.165) is 31.0 Å². The molecule has 0 atom stereocenters. The summed E-state index contributed by atoms with van der Waals surface area (Å²) in [6.45, 7) is 6.86. The van der Waals surface area contributed by atoms with Crippen molar-refractivity contribution in [2.24, 2.45) is 0 Å². The third kappa shape index (κ3) is 25.6. The zero-order valence-corrected chi connectivity index (χ0v) is 23.6. The van der Waals surface area contributed by atoms with Gasteiger partial charge in [-0.1, -0.05) is 126 Å². The number of hydrogen-bond acceptors (Lipinski definition) is 4. The van der Waals surface area contributed by atoms with Crippen molar-refractivity contribution in [3.8, 4) is 0 Å². The number of esters is 1. The number of alkyl halides is 1. The van der Waals surface area contributed by atoms with Gasteiger partial charge in [0.25, 0.3) is 0 Å². The Morgan fingerprint density at radius 2 is 1.15 bits per heavy atom. The number of unbranched alkanes of at least 4 members (excludes halogenated alkanes) is 16. The normalized spacial score (nSPS) is 10.8. The van der Waals surface area contributed by atoms with Crippen LogP contribution in [0.4, 0.5) is 4.79 Å². The van der Waals surface area contributed by atoms with E-state index in [1.165, 1.54) is 89.9 Å². The number of alkyl carbamates (subject to hydrolysis) is 1. The lowest BCUT2D eigenvalue weighted by Gasteiger charge is -2.09. The van der Waals surface area contributed by atoms with Crippen LogP contribution >= 0.6 is 15.9 Å². The molecular formula is C28H52BrNO4. The van der Waals surface area contributed by atoms with E-state index in [1.54, 1.807) is 0 Å². The van der Waals surface area contributed by atoms with Gasteiger partial charge in [0.15, 0.2) is 0 Å². The van der Waals surface area contributed by atoms with E-state index in [2.05, 4.69) is 34.7 Å². The summed E-state index contributed by atoms with van der Waals surface area (Å²) in [4.78, 5) is 23.3. The molecule has 0 unspecified atom stereocenters. The lowest BCUT2D eigenvalue weighted by atomic mass is 10.0. The molecule has 0 aromatic carbocycles. The lowest BCUT2D eigenvalue weighted by molar-refractivity contribution is -0.142. The lowest BCUT2D eigenvalue weighted by Crippen LogP contribution is -2.26. The van der Waals surface area contributed by atoms with Gasteiger partial charge in [0.2, 0.25) is 0 Å². The topological polar surface area (TPSA) is 64.6 Å². The van der Waals surface area contributed by atoms with Crippen LogP contribution in [0.15, 0.2) is 12.2 Å². The summed E-state index contributed by atoms with van der Waals surface area (Å²) in [5, 5.41) is 3.66. The maximum atomic E-state index is 11.7. The summed E-state index contributed by atoms with van der Waals surface area (Å²) in [6, 6.07) is 0. The first kappa shape index (κ1) is 33.0. The van der Waals surface area contributed by atoms with Crippen LogP contribution in [-0.2, 0) is 14.3 Å². The molecule has 0 aliphatic heterocycles. The smallest absolute Gasteiger partial charge is 0.407 e. The number of rotatable bonds is 25. The van der Waals surface area contributed by atoms with Crippen molar-refractivity contribution in [1.82, 2.24) is 5.32 Å². The first-order chi connectivity index (χ1) is 16.6. The summed E-state index contributed by atoms with van der Waals surface area (Å²) in [7, 11) is 0. The van der Waals surface area contributed by atoms with Crippen LogP contribution < -0.4 is 5.32 Å². The summed E-state index contributed by atoms with van der Waals surface area (Å²) in [6.07, 6.45) is 23.1. The molecule has 1 N–H and O–H groups in total. The van der Waals surface area contributed by atoms with E-state index in [9.17, 15) is 9.59 Å². The van der Waals surface area contributed by atoms with Gasteiger partial charge in [0, 0.05) is 18.3 Å². The highest BCUT2D eigenvalue weighted by Crippen LogP contribution is 2.13. The molecule has 34 heavy (non-hydrogen) atoms. The number of nitrogens with one attached hydrogen (secondary N) is 1. The van der Waals surface area contributed by atoms with Crippen molar-refractivity contribution < 1.29 is 19.1 Å². The van der Waals surface area contributed by atoms with E-state index in [1.807, 2.05) is 0 Å². The van der Waals surface area contributed by atoms with Crippen LogP contribution in [0, 0.1) is 0 Å². The second kappa shape index (κ2) is 26.6. The zero-order valence-electron chi connectivity index (χ0n) is 22.0. The Morgan fingerprint density at radius 3 is 1.65 bits per heavy atom. The van der Waals surface area contributed by atoms with Crippen LogP contribution in [-0.4, -0.2) is 37.2 Å². The Balaban J connectivity index is 3.33. The van der Waals surface area contributed by atoms with Gasteiger partial charge in [-0.05, 0) is 24.8 Å². The third-order valence-corrected chi connectivity index (χ3v) is 6.47. The van der Waals surface area contributed by atoms with Crippen molar-refractivity contribution in [1.29, 1.82) is 0 Å². The molecule has 0 radical (unpaired) electrons. The minimum absolute atomic E-state index is 0.0689. The average Bonchev–Trinajstić information content (AvgIpc) is 2.83. The highest BCUT2D eigenvalue weighted by atomic mass is 79.9. The molecule has 0 aromatic rings. The van der Waals surface area contributed by atoms with Gasteiger partial charge >= 0.3 is 12.1 Å². The molecule has 0 bridgehead atoms. The van der Waals surface area contributed by atoms with E-state index in [4.69, 9.17) is 9.47 Å². The Hall–Kier alpha value is -1.04. The molecule has 0 heterocycles. The van der Waals surface area contributed by atoms with Crippen molar-refractivity contribution in [2.75, 3.05) is 25.1 Å². The number of hydrogen-bond donors (Lipinski definition) is 1. The SMILES string of the molecule is C=C(COC(=O)CCCCBr)COC(=O)NCCCCCCCCCCCCCCCCCC. The van der Waals surface area contributed by atoms with Crippen LogP contribution in [0.3, 0.4) is 0 Å². The molecule has 0 fully saturated rings. The Labute approximate surface area is 218 Å². The highest BCUT2D eigenvalue weighted by Gasteiger charge is 2.06. The van der Waals surface area contributed by atoms with Crippen molar-refractivity contribution in [2.45, 2.75) is 129 Å². The number of carbonyl (C=O) groups is 2. The summed E-state index contributed by atoms with van der Waals surface area (Å²) in [5.74, 6) is -0.241. The molecule has 0 aliphatic carbocycles. The predicted molar refractivity (Wildman–Crippen MR) is 147 cm³/mol. The number of carbonyl (C=O) groups excluding carboxylic acids is 2. The maximum Gasteiger partial charge on any atom is 0.407 e. The first-order valence-corrected chi connectivity index (χ1v) is 15.0. The molecule has 0 aliphatic rings. The Morgan fingerprint density at radius 1 is 0.676 bits per heavy atom. The van der Waals surface area contributed by atoms with Crippen LogP contribution in [0.25, 0.3) is 0 Å². The molecule has 0 saturated carbocycles. The van der Waals surface area contributed by atoms with Gasteiger partial charge in [-0.25, -0.2) is 4.79 Å². The average molecular weight is 547 g/mol. The molecule has 0 spiro atoms. The molecule has 6 heteroatoms. The summed E-state index contributed by atoms with van der Waals surface area (Å²) >= 11 is 3.33. The molecule has 200 valence electrons. The molecule has 0 aromatic heterocycles. The van der Waals surface area contributed by atoms with Crippen molar-refractivity contribution in [3.63, 3.8) is 0 Å². The first-order valence-electron chi connectivity index (χ1n) is 13.9. The maximum absolute atomic E-state index is 11.7. The highest BCUT2D eigenvalue weighted by molar-refractivity contribution is 9.09. The number of amides is 1. The van der Waals surface area contributed by atoms with Gasteiger partial charge in [0.1, 0.15) is 13.2 Å². The fourth-order valence-electron chi connectivity index (χ4n) is 3.74. The van der Waals surface area contributed by atoms with E-state index < -0.39 is 6.09 Å². The van der Waals surface area contributed by atoms with E-state index in [0.29, 0.717) is 18.5 Å². The monoisotopic (exact) mass is 545 g/mol. The van der Waals surface area contributed by atoms with E-state index in [-0.39, 0.29) is 19.2 Å². The third-order valence-electron chi connectivity index (χ3n) is 5.91. The van der Waals surface area contributed by atoms with Crippen LogP contribution in [0.5, 0.6) is 0 Å². The molecule has 0 saturated heterocycles. The van der Waals surface area contributed by atoms with Gasteiger partial charge in [-0.2, -0.15) is 0 Å². The zero-order chi connectivity index (χ0) is 25.1. The Kier molecular flexibility index (Phi) is 25.8. The second-order valence-corrected chi connectivity index (χ2v) is 10.2. The fourth-order valence-corrected chi connectivity index (χ4v) is 4.14.